The van der Waals surface area contributed by atoms with Crippen LogP contribution in [-0.2, 0) is 4.79 Å². The zero-order valence-electron chi connectivity index (χ0n) is 9.12. The van der Waals surface area contributed by atoms with Crippen molar-refractivity contribution in [3.8, 4) is 0 Å². The Kier molecular flexibility index (Phi) is 2.95. The van der Waals surface area contributed by atoms with Gasteiger partial charge >= 0.3 is 5.97 Å². The number of nitrogens with one attached hydrogen (secondary N) is 2. The molecule has 3 N–H and O–H groups in total. The zero-order chi connectivity index (χ0) is 10.9. The maximum absolute atomic E-state index is 10.8. The number of carboxylic acid groups (broad SMARTS) is 1. The van der Waals surface area contributed by atoms with Crippen LogP contribution in [0.3, 0.4) is 0 Å². The van der Waals surface area contributed by atoms with E-state index in [0.29, 0.717) is 6.04 Å². The number of aliphatic carboxylic acids is 1. The van der Waals surface area contributed by atoms with Crippen molar-refractivity contribution in [1.82, 2.24) is 15.5 Å². The average molecular weight is 213 g/mol. The largest absolute Gasteiger partial charge is 0.481 e. The summed E-state index contributed by atoms with van der Waals surface area (Å²) < 4.78 is 0. The van der Waals surface area contributed by atoms with E-state index in [9.17, 15) is 4.79 Å². The molecule has 0 amide bonds. The Balaban J connectivity index is 1.87. The third-order valence-corrected chi connectivity index (χ3v) is 3.32. The second-order valence-corrected chi connectivity index (χ2v) is 4.85. The second-order valence-electron chi connectivity index (χ2n) is 4.85. The highest BCUT2D eigenvalue weighted by Crippen LogP contribution is 2.19. The molecule has 0 saturated carbocycles. The van der Waals surface area contributed by atoms with Crippen molar-refractivity contribution >= 4 is 5.97 Å². The molecule has 0 aromatic rings. The number of likely N-dealkylation sites (tertiary alicyclic amines) is 1. The van der Waals surface area contributed by atoms with E-state index in [-0.39, 0.29) is 12.0 Å². The number of hydrogen-bond acceptors (Lipinski definition) is 4. The third kappa shape index (κ3) is 2.48. The van der Waals surface area contributed by atoms with Crippen LogP contribution in [0, 0.1) is 0 Å². The Morgan fingerprint density at radius 3 is 2.80 bits per heavy atom. The van der Waals surface area contributed by atoms with E-state index in [0.717, 1.165) is 32.6 Å². The first kappa shape index (κ1) is 10.9. The molecule has 1 atom stereocenters. The number of hydrogen-bond donors (Lipinski definition) is 3. The van der Waals surface area contributed by atoms with E-state index in [1.165, 1.54) is 0 Å². The topological polar surface area (TPSA) is 64.6 Å². The molecule has 0 aromatic carbocycles. The van der Waals surface area contributed by atoms with E-state index < -0.39 is 5.97 Å². The number of likely N-dealkylation sites (N-methyl/N-ethyl adjacent to an activating group) is 1. The Morgan fingerprint density at radius 2 is 2.40 bits per heavy atom. The molecule has 2 aliphatic heterocycles. The molecule has 0 aromatic heterocycles. The van der Waals surface area contributed by atoms with Gasteiger partial charge in [0.05, 0.1) is 12.0 Å². The fourth-order valence-electron chi connectivity index (χ4n) is 2.48. The average Bonchev–Trinajstić information content (AvgIpc) is 2.46. The van der Waals surface area contributed by atoms with Gasteiger partial charge in [-0.05, 0) is 20.0 Å². The van der Waals surface area contributed by atoms with Gasteiger partial charge in [-0.2, -0.15) is 0 Å². The Morgan fingerprint density at radius 1 is 1.67 bits per heavy atom. The van der Waals surface area contributed by atoms with E-state index in [4.69, 9.17) is 5.11 Å². The Bertz CT molecular complexity index is 253. The summed E-state index contributed by atoms with van der Waals surface area (Å²) in [4.78, 5) is 13.0. The van der Waals surface area contributed by atoms with E-state index in [2.05, 4.69) is 22.6 Å². The molecule has 1 unspecified atom stereocenters. The predicted molar refractivity (Wildman–Crippen MR) is 56.9 cm³/mol. The summed E-state index contributed by atoms with van der Waals surface area (Å²) in [6.45, 7) is 3.69. The van der Waals surface area contributed by atoms with Gasteiger partial charge in [-0.15, -0.1) is 0 Å². The molecule has 2 rings (SSSR count). The van der Waals surface area contributed by atoms with E-state index in [1.54, 1.807) is 0 Å². The normalized spacial score (nSPS) is 30.1. The highest BCUT2D eigenvalue weighted by atomic mass is 16.4. The van der Waals surface area contributed by atoms with Crippen LogP contribution >= 0.6 is 0 Å². The molecule has 15 heavy (non-hydrogen) atoms. The highest BCUT2D eigenvalue weighted by Gasteiger charge is 2.41. The first-order valence-corrected chi connectivity index (χ1v) is 5.48. The summed E-state index contributed by atoms with van der Waals surface area (Å²) in [5, 5.41) is 15.5. The first-order chi connectivity index (χ1) is 7.10. The van der Waals surface area contributed by atoms with Gasteiger partial charge in [-0.25, -0.2) is 0 Å². The van der Waals surface area contributed by atoms with Crippen molar-refractivity contribution in [3.63, 3.8) is 0 Å². The fraction of sp³-hybridized carbons (Fsp3) is 0.900. The summed E-state index contributed by atoms with van der Waals surface area (Å²) >= 11 is 0. The maximum Gasteiger partial charge on any atom is 0.305 e. The molecule has 0 radical (unpaired) electrons. The van der Waals surface area contributed by atoms with E-state index >= 15 is 0 Å². The van der Waals surface area contributed by atoms with Crippen LogP contribution in [0.1, 0.15) is 12.8 Å². The first-order valence-electron chi connectivity index (χ1n) is 5.48. The summed E-state index contributed by atoms with van der Waals surface area (Å²) in [6, 6.07) is 0.455. The van der Waals surface area contributed by atoms with Crippen LogP contribution in [0.4, 0.5) is 0 Å². The molecule has 86 valence electrons. The van der Waals surface area contributed by atoms with Crippen LogP contribution < -0.4 is 10.6 Å². The van der Waals surface area contributed by atoms with Crippen molar-refractivity contribution in [2.75, 3.05) is 33.2 Å². The van der Waals surface area contributed by atoms with Gasteiger partial charge in [0.15, 0.2) is 0 Å². The van der Waals surface area contributed by atoms with Crippen molar-refractivity contribution < 1.29 is 9.90 Å². The molecule has 5 heteroatoms. The van der Waals surface area contributed by atoms with Crippen molar-refractivity contribution in [3.05, 3.63) is 0 Å². The van der Waals surface area contributed by atoms with Gasteiger partial charge in [-0.1, -0.05) is 0 Å². The van der Waals surface area contributed by atoms with E-state index in [1.807, 2.05) is 0 Å². The fourth-order valence-corrected chi connectivity index (χ4v) is 2.48. The lowest BCUT2D eigenvalue weighted by Crippen LogP contribution is -2.70. The highest BCUT2D eigenvalue weighted by molar-refractivity contribution is 5.68. The number of rotatable bonds is 4. The lowest BCUT2D eigenvalue weighted by molar-refractivity contribution is -0.139. The molecular formula is C10H19N3O2. The van der Waals surface area contributed by atoms with Crippen LogP contribution in [0.25, 0.3) is 0 Å². The van der Waals surface area contributed by atoms with Crippen LogP contribution in [0.5, 0.6) is 0 Å². The smallest absolute Gasteiger partial charge is 0.305 e. The summed E-state index contributed by atoms with van der Waals surface area (Å²) in [5.74, 6) is -0.713. The minimum atomic E-state index is -0.713. The maximum atomic E-state index is 10.8. The molecule has 2 aliphatic rings. The Labute approximate surface area is 89.8 Å². The summed E-state index contributed by atoms with van der Waals surface area (Å²) in [6.07, 6.45) is 1.35. The molecule has 2 heterocycles. The van der Waals surface area contributed by atoms with Gasteiger partial charge < -0.3 is 20.6 Å². The molecule has 0 bridgehead atoms. The van der Waals surface area contributed by atoms with Crippen molar-refractivity contribution in [2.45, 2.75) is 24.4 Å². The lowest BCUT2D eigenvalue weighted by Gasteiger charge is -2.44. The Hall–Kier alpha value is -0.650. The second kappa shape index (κ2) is 4.08. The van der Waals surface area contributed by atoms with Crippen molar-refractivity contribution in [1.29, 1.82) is 0 Å². The summed E-state index contributed by atoms with van der Waals surface area (Å²) in [5.41, 5.74) is -0.193. The molecular weight excluding hydrogens is 194 g/mol. The van der Waals surface area contributed by atoms with Crippen LogP contribution in [0.15, 0.2) is 0 Å². The van der Waals surface area contributed by atoms with Crippen LogP contribution in [0.2, 0.25) is 0 Å². The molecule has 0 spiro atoms. The number of carbonyl (C=O) groups is 1. The van der Waals surface area contributed by atoms with Gasteiger partial charge in [0, 0.05) is 25.7 Å². The van der Waals surface area contributed by atoms with Crippen molar-refractivity contribution in [2.24, 2.45) is 0 Å². The number of nitrogens with zero attached hydrogens (tertiary/aromatic N) is 1. The van der Waals surface area contributed by atoms with Gasteiger partial charge in [0.25, 0.3) is 0 Å². The van der Waals surface area contributed by atoms with Gasteiger partial charge in [0.1, 0.15) is 0 Å². The lowest BCUT2D eigenvalue weighted by atomic mass is 9.87. The molecule has 2 saturated heterocycles. The molecule has 0 aliphatic carbocycles. The van der Waals surface area contributed by atoms with Crippen LogP contribution in [-0.4, -0.2) is 60.8 Å². The van der Waals surface area contributed by atoms with Gasteiger partial charge in [0.2, 0.25) is 0 Å². The quantitative estimate of drug-likeness (QED) is 0.564. The molecule has 2 fully saturated rings. The molecule has 5 nitrogen and oxygen atoms in total. The minimum Gasteiger partial charge on any atom is -0.481 e. The minimum absolute atomic E-state index is 0.193. The summed E-state index contributed by atoms with van der Waals surface area (Å²) in [7, 11) is 2.10. The number of carboxylic acids is 1. The zero-order valence-corrected chi connectivity index (χ0v) is 9.12. The SMILES string of the molecule is CN1CCC(NC2(CC(=O)O)CNC2)C1. The predicted octanol–water partition coefficient (Wildman–Crippen LogP) is -0.903. The third-order valence-electron chi connectivity index (χ3n) is 3.32. The standard InChI is InChI=1S/C10H19N3O2/c1-13-3-2-8(5-13)12-10(4-9(14)15)6-11-7-10/h8,11-12H,2-7H2,1H3,(H,14,15). The monoisotopic (exact) mass is 213 g/mol. The van der Waals surface area contributed by atoms with Gasteiger partial charge in [-0.3, -0.25) is 4.79 Å².